The molecule has 6 amide bonds. The number of carbonyl (C=O) groups is 12. The molecule has 20 heteroatoms. The van der Waals surface area contributed by atoms with Gasteiger partial charge in [0.1, 0.15) is 23.0 Å². The number of carbonyl (C=O) groups excluding carboxylic acids is 12. The highest BCUT2D eigenvalue weighted by Crippen LogP contribution is 2.54. The summed E-state index contributed by atoms with van der Waals surface area (Å²) in [5.74, 6) is -4.24. The van der Waals surface area contributed by atoms with Gasteiger partial charge in [-0.15, -0.1) is 0 Å². The van der Waals surface area contributed by atoms with E-state index in [9.17, 15) is 57.8 Å². The molecule has 20 rings (SSSR count). The molecule has 0 unspecified atom stereocenters. The first-order chi connectivity index (χ1) is 59.6. The summed E-state index contributed by atoms with van der Waals surface area (Å²) in [5.41, 5.74) is 4.97. The van der Waals surface area contributed by atoms with E-state index in [4.69, 9.17) is 18.9 Å². The maximum Gasteiger partial charge on any atom is 0.338 e. The molecule has 3 aliphatic rings. The second-order valence-corrected chi connectivity index (χ2v) is 32.3. The van der Waals surface area contributed by atoms with E-state index in [1.165, 1.54) is 37.5 Å². The van der Waals surface area contributed by atoms with Crippen molar-refractivity contribution in [1.29, 1.82) is 0 Å². The molecule has 0 spiro atoms. The van der Waals surface area contributed by atoms with E-state index in [1.807, 2.05) is 86.6 Å². The van der Waals surface area contributed by atoms with Crippen molar-refractivity contribution in [1.82, 2.24) is 14.7 Å². The quantitative estimate of drug-likeness (QED) is 0.0139. The van der Waals surface area contributed by atoms with Gasteiger partial charge in [0, 0.05) is 130 Å². The number of esters is 2. The monoisotopic (exact) mass is 1630 g/mol. The van der Waals surface area contributed by atoms with Crippen molar-refractivity contribution in [2.75, 3.05) is 39.5 Å². The summed E-state index contributed by atoms with van der Waals surface area (Å²) in [4.78, 5) is 175. The van der Waals surface area contributed by atoms with Gasteiger partial charge in [0.2, 0.25) is 0 Å². The van der Waals surface area contributed by atoms with E-state index in [0.29, 0.717) is 144 Å². The molecule has 1 N–H and O–H groups in total. The minimum atomic E-state index is -0.626. The summed E-state index contributed by atoms with van der Waals surface area (Å²) in [6.45, 7) is 9.83. The Morgan fingerprint density at radius 2 is 0.577 bits per heavy atom. The summed E-state index contributed by atoms with van der Waals surface area (Å²) in [5, 5.41) is 24.3. The van der Waals surface area contributed by atoms with Gasteiger partial charge >= 0.3 is 11.9 Å². The zero-order valence-corrected chi connectivity index (χ0v) is 67.8. The molecule has 0 saturated heterocycles. The van der Waals surface area contributed by atoms with Gasteiger partial charge in [0.05, 0.1) is 29.9 Å². The number of nitrogens with zero attached hydrogens (tertiary/aromatic N) is 3. The van der Waals surface area contributed by atoms with Gasteiger partial charge in [0.15, 0.2) is 23.1 Å². The third-order valence-electron chi connectivity index (χ3n) is 25.2. The van der Waals surface area contributed by atoms with Crippen LogP contribution in [0.5, 0.6) is 23.0 Å². The number of benzene rings is 17. The lowest BCUT2D eigenvalue weighted by atomic mass is 9.81. The van der Waals surface area contributed by atoms with Gasteiger partial charge in [-0.2, -0.15) is 0 Å². The zero-order valence-electron chi connectivity index (χ0n) is 67.8. The van der Waals surface area contributed by atoms with Crippen LogP contribution in [0, 0.1) is 0 Å². The van der Waals surface area contributed by atoms with Crippen LogP contribution >= 0.6 is 0 Å². The lowest BCUT2D eigenvalue weighted by molar-refractivity contribution is 0.0497. The average Bonchev–Trinajstić information content (AvgIpc) is 0.694. The van der Waals surface area contributed by atoms with Crippen molar-refractivity contribution in [2.24, 2.45) is 0 Å². The molecule has 0 atom stereocenters. The van der Waals surface area contributed by atoms with Gasteiger partial charge in [-0.3, -0.25) is 62.6 Å². The van der Waals surface area contributed by atoms with Crippen molar-refractivity contribution in [3.05, 3.63) is 260 Å². The standard InChI is InChI=1S/C103H75N3O17/c1-7-9-46-120-102(118)76-38-29-67-65-27-35-73-89-74(36-28-66(86(65)89)68-30-39-77(91(76)87(67)68)103(119)121-47-10-8-2)100(116)106(99(73)115)44-41-55-14-18-57(19-15-55)123-81-49-79-90-75(96(112)104(101(79)117)42-11-45-107)37-32-70-92-80(48-78(53(6)111)83-60(52(5)110)22-31-69(94(83)92)93(81)95(70)90)122-56-16-12-54(13-17-56)40-43-105-97(113)71-33-25-63-61-23-20-58(50(3)108)82-59(51(4)109)21-24-62(84(61)82)64-26-34-72(98(105)114)88(71)85(63)64/h12-39,48-49,107H,7-11,40-47H2,1-6H3. The van der Waals surface area contributed by atoms with Gasteiger partial charge < -0.3 is 24.1 Å². The Bertz CT molecular complexity index is 7470. The minimum Gasteiger partial charge on any atom is -0.462 e. The highest BCUT2D eigenvalue weighted by Gasteiger charge is 2.40. The van der Waals surface area contributed by atoms with Crippen LogP contribution in [-0.4, -0.2) is 130 Å². The van der Waals surface area contributed by atoms with E-state index < -0.39 is 47.4 Å². The lowest BCUT2D eigenvalue weighted by Gasteiger charge is -2.29. The van der Waals surface area contributed by atoms with Crippen molar-refractivity contribution < 1.29 is 81.6 Å². The molecule has 17 aromatic rings. The average molecular weight is 1630 g/mol. The molecule has 604 valence electrons. The Morgan fingerprint density at radius 3 is 0.943 bits per heavy atom. The van der Waals surface area contributed by atoms with Crippen LogP contribution in [0.1, 0.15) is 209 Å². The number of amides is 6. The molecule has 17 aromatic carbocycles. The van der Waals surface area contributed by atoms with Gasteiger partial charge in [-0.25, -0.2) is 9.59 Å². The molecule has 0 radical (unpaired) electrons. The molecule has 123 heavy (non-hydrogen) atoms. The number of Topliss-reactive ketones (excluding diaryl/α,β-unsaturated/α-hetero) is 4. The second kappa shape index (κ2) is 29.3. The van der Waals surface area contributed by atoms with E-state index >= 15 is 4.79 Å². The van der Waals surface area contributed by atoms with E-state index in [-0.39, 0.29) is 127 Å². The maximum absolute atomic E-state index is 15.1. The first kappa shape index (κ1) is 76.9. The number of imide groups is 3. The van der Waals surface area contributed by atoms with Crippen molar-refractivity contribution in [3.8, 4) is 23.0 Å². The Balaban J connectivity index is 0.615. The smallest absolute Gasteiger partial charge is 0.338 e. The summed E-state index contributed by atoms with van der Waals surface area (Å²) in [6.07, 6.45) is 3.56. The highest BCUT2D eigenvalue weighted by molar-refractivity contribution is 6.45. The third-order valence-corrected chi connectivity index (χ3v) is 25.2. The number of aliphatic hydroxyl groups excluding tert-OH is 1. The van der Waals surface area contributed by atoms with Crippen molar-refractivity contribution in [2.45, 2.75) is 86.5 Å². The molecule has 0 aliphatic carbocycles. The Morgan fingerprint density at radius 1 is 0.285 bits per heavy atom. The molecule has 20 nitrogen and oxygen atoms in total. The number of rotatable bonds is 25. The van der Waals surface area contributed by atoms with Crippen LogP contribution in [0.4, 0.5) is 0 Å². The van der Waals surface area contributed by atoms with Crippen LogP contribution in [0.3, 0.4) is 0 Å². The van der Waals surface area contributed by atoms with Crippen molar-refractivity contribution >= 4 is 200 Å². The fourth-order valence-electron chi connectivity index (χ4n) is 19.5. The first-order valence-electron chi connectivity index (χ1n) is 41.4. The molecule has 0 fully saturated rings. The van der Waals surface area contributed by atoms with Crippen LogP contribution < -0.4 is 9.47 Å². The number of ether oxygens (including phenoxy) is 4. The largest absolute Gasteiger partial charge is 0.462 e. The predicted octanol–water partition coefficient (Wildman–Crippen LogP) is 20.8. The first-order valence-corrected chi connectivity index (χ1v) is 41.4. The topological polar surface area (TPSA) is 272 Å². The SMILES string of the molecule is CCCCOC(=O)c1ccc2c3ccc4c5c(ccc(c6ccc(C(=O)OCCCC)c1c26)c53)C(=O)N(CCc1ccc(Oc2cc3c5c(ccc6c7c(Oc8ccc(CCN9C(=O)c%10ccc%11c%12ccc(C(C)=O)c%13c(C(C)=O)ccc(c%14ccc(c%10c%11%14)C9=O)c%13%12)cc8)cc(C(C)=O)c8c(C(C)=O)ccc(c2c56)c87)C(=O)N(CCCO)C3=O)cc1)C4=O. The number of aliphatic hydroxyl groups is 1. The number of ketones is 4. The van der Waals surface area contributed by atoms with E-state index in [1.54, 1.807) is 109 Å². The van der Waals surface area contributed by atoms with E-state index in [0.717, 1.165) is 72.0 Å². The number of hydrogen-bond donors (Lipinski definition) is 1. The van der Waals surface area contributed by atoms with Gasteiger partial charge in [-0.1, -0.05) is 130 Å². The number of hydrogen-bond acceptors (Lipinski definition) is 17. The molecular formula is C103H75N3O17. The van der Waals surface area contributed by atoms with E-state index in [2.05, 4.69) is 0 Å². The third kappa shape index (κ3) is 11.7. The summed E-state index contributed by atoms with van der Waals surface area (Å²) < 4.78 is 25.4. The van der Waals surface area contributed by atoms with Gasteiger partial charge in [0.25, 0.3) is 35.4 Å². The zero-order chi connectivity index (χ0) is 85.1. The molecule has 3 heterocycles. The summed E-state index contributed by atoms with van der Waals surface area (Å²) in [6, 6.07) is 52.8. The molecule has 3 aliphatic heterocycles. The van der Waals surface area contributed by atoms with Crippen LogP contribution in [0.15, 0.2) is 182 Å². The molecular weight excluding hydrogens is 1550 g/mol. The van der Waals surface area contributed by atoms with Crippen molar-refractivity contribution in [3.63, 3.8) is 0 Å². The molecule has 0 bridgehead atoms. The van der Waals surface area contributed by atoms with Crippen LogP contribution in [0.2, 0.25) is 0 Å². The fraction of sp³-hybridized carbons (Fsp3) is 0.184. The predicted molar refractivity (Wildman–Crippen MR) is 472 cm³/mol. The fourth-order valence-corrected chi connectivity index (χ4v) is 19.5. The normalized spacial score (nSPS) is 13.5. The minimum absolute atomic E-state index is 0.00119. The maximum atomic E-state index is 15.1. The summed E-state index contributed by atoms with van der Waals surface area (Å²) >= 11 is 0. The molecule has 0 saturated carbocycles. The Hall–Kier alpha value is -14.8. The number of fused-ring (bicyclic) bond motifs is 6. The highest BCUT2D eigenvalue weighted by atomic mass is 16.5. The molecule has 0 aromatic heterocycles. The van der Waals surface area contributed by atoms with Crippen LogP contribution in [-0.2, 0) is 22.3 Å². The second-order valence-electron chi connectivity index (χ2n) is 32.3. The Labute approximate surface area is 701 Å². The Kier molecular flexibility index (Phi) is 18.3. The van der Waals surface area contributed by atoms with Crippen LogP contribution in [0.25, 0.3) is 129 Å². The summed E-state index contributed by atoms with van der Waals surface area (Å²) in [7, 11) is 0. The lowest BCUT2D eigenvalue weighted by Crippen LogP contribution is -2.41. The van der Waals surface area contributed by atoms with Gasteiger partial charge in [-0.05, 0) is 225 Å². The number of unbranched alkanes of at least 4 members (excludes halogenated alkanes) is 2.